The Hall–Kier alpha value is -1.65. The molecule has 5 nitrogen and oxygen atoms in total. The lowest BCUT2D eigenvalue weighted by atomic mass is 10.3. The number of Topliss-reactive ketones (excluding diaryl/α,β-unsaturated/α-hetero) is 1. The van der Waals surface area contributed by atoms with Crippen LogP contribution in [0.3, 0.4) is 0 Å². The van der Waals surface area contributed by atoms with Gasteiger partial charge in [0.25, 0.3) is 5.56 Å². The molecule has 16 heavy (non-hydrogen) atoms. The Bertz CT molecular complexity index is 421. The summed E-state index contributed by atoms with van der Waals surface area (Å²) in [6.07, 6.45) is 1.62. The number of ketones is 1. The Labute approximate surface area is 94.7 Å². The largest absolute Gasteiger partial charge is 0.371 e. The molecule has 0 radical (unpaired) electrons. The Balaban J connectivity index is 2.99. The molecule has 0 aliphatic rings. The average molecular weight is 223 g/mol. The number of nitrogens with zero attached hydrogens (tertiary/aromatic N) is 3. The van der Waals surface area contributed by atoms with Crippen LogP contribution < -0.4 is 10.5 Å². The molecular formula is C11H17N3O2. The molecule has 1 aromatic heterocycles. The van der Waals surface area contributed by atoms with Gasteiger partial charge in [-0.2, -0.15) is 5.10 Å². The van der Waals surface area contributed by atoms with Crippen molar-refractivity contribution in [3.63, 3.8) is 0 Å². The van der Waals surface area contributed by atoms with Crippen molar-refractivity contribution in [3.8, 4) is 0 Å². The molecule has 0 aliphatic heterocycles. The van der Waals surface area contributed by atoms with E-state index >= 15 is 0 Å². The molecule has 88 valence electrons. The lowest BCUT2D eigenvalue weighted by Gasteiger charge is -2.20. The first-order valence-corrected chi connectivity index (χ1v) is 5.40. The van der Waals surface area contributed by atoms with E-state index in [9.17, 15) is 9.59 Å². The molecule has 0 N–H and O–H groups in total. The molecule has 0 amide bonds. The first kappa shape index (κ1) is 12.4. The highest BCUT2D eigenvalue weighted by Crippen LogP contribution is 2.07. The first-order chi connectivity index (χ1) is 7.58. The van der Waals surface area contributed by atoms with Gasteiger partial charge in [-0.3, -0.25) is 9.59 Å². The molecule has 0 atom stereocenters. The normalized spacial score (nSPS) is 10.2. The lowest BCUT2D eigenvalue weighted by molar-refractivity contribution is -0.117. The van der Waals surface area contributed by atoms with Crippen LogP contribution in [0.5, 0.6) is 0 Å². The maximum atomic E-state index is 11.6. The van der Waals surface area contributed by atoms with Crippen LogP contribution in [-0.4, -0.2) is 28.7 Å². The zero-order valence-corrected chi connectivity index (χ0v) is 9.93. The van der Waals surface area contributed by atoms with E-state index in [0.717, 1.165) is 18.8 Å². The van der Waals surface area contributed by atoms with E-state index in [1.54, 1.807) is 6.20 Å². The van der Waals surface area contributed by atoms with Gasteiger partial charge in [-0.1, -0.05) is 0 Å². The Morgan fingerprint density at radius 1 is 1.44 bits per heavy atom. The third kappa shape index (κ3) is 2.92. The van der Waals surface area contributed by atoms with Gasteiger partial charge in [0.05, 0.1) is 11.9 Å². The second-order valence-electron chi connectivity index (χ2n) is 3.58. The van der Waals surface area contributed by atoms with Crippen LogP contribution in [0.25, 0.3) is 0 Å². The fourth-order valence-electron chi connectivity index (χ4n) is 1.52. The third-order valence-corrected chi connectivity index (χ3v) is 2.36. The van der Waals surface area contributed by atoms with Crippen molar-refractivity contribution in [2.75, 3.05) is 18.0 Å². The zero-order valence-electron chi connectivity index (χ0n) is 9.93. The second kappa shape index (κ2) is 5.44. The van der Waals surface area contributed by atoms with Gasteiger partial charge in [-0.15, -0.1) is 0 Å². The molecule has 1 aromatic rings. The quantitative estimate of drug-likeness (QED) is 0.736. The molecule has 0 bridgehead atoms. The van der Waals surface area contributed by atoms with Gasteiger partial charge >= 0.3 is 0 Å². The minimum atomic E-state index is -0.236. The summed E-state index contributed by atoms with van der Waals surface area (Å²) in [6, 6.07) is 1.52. The summed E-state index contributed by atoms with van der Waals surface area (Å²) >= 11 is 0. The summed E-state index contributed by atoms with van der Waals surface area (Å²) in [4.78, 5) is 24.6. The first-order valence-electron chi connectivity index (χ1n) is 5.40. The molecule has 0 aromatic carbocycles. The van der Waals surface area contributed by atoms with Crippen molar-refractivity contribution < 1.29 is 4.79 Å². The summed E-state index contributed by atoms with van der Waals surface area (Å²) in [6.45, 7) is 7.17. The second-order valence-corrected chi connectivity index (χ2v) is 3.58. The molecule has 0 spiro atoms. The predicted molar refractivity (Wildman–Crippen MR) is 62.7 cm³/mol. The molecule has 1 heterocycles. The molecular weight excluding hydrogens is 206 g/mol. The monoisotopic (exact) mass is 223 g/mol. The third-order valence-electron chi connectivity index (χ3n) is 2.36. The average Bonchev–Trinajstić information content (AvgIpc) is 2.23. The SMILES string of the molecule is CCN(CC)c1cnn(CC(C)=O)c(=O)c1. The van der Waals surface area contributed by atoms with E-state index in [4.69, 9.17) is 0 Å². The van der Waals surface area contributed by atoms with E-state index in [2.05, 4.69) is 5.10 Å². The number of aromatic nitrogens is 2. The lowest BCUT2D eigenvalue weighted by Crippen LogP contribution is -2.29. The fraction of sp³-hybridized carbons (Fsp3) is 0.545. The fourth-order valence-corrected chi connectivity index (χ4v) is 1.52. The molecule has 5 heteroatoms. The van der Waals surface area contributed by atoms with E-state index < -0.39 is 0 Å². The van der Waals surface area contributed by atoms with Gasteiger partial charge in [0.15, 0.2) is 5.78 Å². The number of hydrogen-bond acceptors (Lipinski definition) is 4. The summed E-state index contributed by atoms with van der Waals surface area (Å²) in [5, 5.41) is 3.98. The van der Waals surface area contributed by atoms with Crippen LogP contribution in [0.4, 0.5) is 5.69 Å². The van der Waals surface area contributed by atoms with Crippen molar-refractivity contribution in [1.82, 2.24) is 9.78 Å². The van der Waals surface area contributed by atoms with Crippen LogP contribution in [0.15, 0.2) is 17.1 Å². The Morgan fingerprint density at radius 3 is 2.50 bits per heavy atom. The van der Waals surface area contributed by atoms with Crippen LogP contribution in [0, 0.1) is 0 Å². The summed E-state index contributed by atoms with van der Waals surface area (Å²) in [5.41, 5.74) is 0.564. The highest BCUT2D eigenvalue weighted by Gasteiger charge is 2.06. The molecule has 0 unspecified atom stereocenters. The van der Waals surface area contributed by atoms with Crippen LogP contribution in [0.1, 0.15) is 20.8 Å². The van der Waals surface area contributed by atoms with Gasteiger partial charge in [0, 0.05) is 19.2 Å². The standard InChI is InChI=1S/C11H17N3O2/c1-4-13(5-2)10-6-11(16)14(12-7-10)8-9(3)15/h6-7H,4-5,8H2,1-3H3. The molecule has 0 saturated carbocycles. The number of carbonyl (C=O) groups is 1. The van der Waals surface area contributed by atoms with Crippen molar-refractivity contribution in [2.45, 2.75) is 27.3 Å². The Morgan fingerprint density at radius 2 is 2.06 bits per heavy atom. The summed E-state index contributed by atoms with van der Waals surface area (Å²) < 4.78 is 1.18. The smallest absolute Gasteiger partial charge is 0.269 e. The highest BCUT2D eigenvalue weighted by atomic mass is 16.1. The van der Waals surface area contributed by atoms with Crippen LogP contribution >= 0.6 is 0 Å². The maximum Gasteiger partial charge on any atom is 0.269 e. The van der Waals surface area contributed by atoms with E-state index in [1.165, 1.54) is 17.7 Å². The van der Waals surface area contributed by atoms with Crippen LogP contribution in [0.2, 0.25) is 0 Å². The zero-order chi connectivity index (χ0) is 12.1. The van der Waals surface area contributed by atoms with Gasteiger partial charge in [0.1, 0.15) is 6.54 Å². The number of carbonyl (C=O) groups excluding carboxylic acids is 1. The van der Waals surface area contributed by atoms with Gasteiger partial charge < -0.3 is 4.90 Å². The predicted octanol–water partition coefficient (Wildman–Crippen LogP) is 0.678. The van der Waals surface area contributed by atoms with Gasteiger partial charge in [-0.25, -0.2) is 4.68 Å². The van der Waals surface area contributed by atoms with Gasteiger partial charge in [-0.05, 0) is 20.8 Å². The number of hydrogen-bond donors (Lipinski definition) is 0. The highest BCUT2D eigenvalue weighted by molar-refractivity contribution is 5.75. The minimum absolute atomic E-state index is 0.0391. The van der Waals surface area contributed by atoms with E-state index in [-0.39, 0.29) is 17.9 Å². The van der Waals surface area contributed by atoms with Crippen molar-refractivity contribution in [3.05, 3.63) is 22.6 Å². The topological polar surface area (TPSA) is 55.2 Å². The van der Waals surface area contributed by atoms with Crippen molar-refractivity contribution >= 4 is 11.5 Å². The molecule has 1 rings (SSSR count). The maximum absolute atomic E-state index is 11.6. The van der Waals surface area contributed by atoms with Crippen LogP contribution in [-0.2, 0) is 11.3 Å². The Kier molecular flexibility index (Phi) is 4.22. The number of anilines is 1. The van der Waals surface area contributed by atoms with Gasteiger partial charge in [0.2, 0.25) is 0 Å². The number of rotatable bonds is 5. The molecule has 0 fully saturated rings. The van der Waals surface area contributed by atoms with E-state index in [1.807, 2.05) is 18.7 Å². The minimum Gasteiger partial charge on any atom is -0.371 e. The van der Waals surface area contributed by atoms with Crippen molar-refractivity contribution in [1.29, 1.82) is 0 Å². The van der Waals surface area contributed by atoms with Crippen molar-refractivity contribution in [2.24, 2.45) is 0 Å². The van der Waals surface area contributed by atoms with E-state index in [0.29, 0.717) is 0 Å². The summed E-state index contributed by atoms with van der Waals surface area (Å²) in [7, 11) is 0. The summed E-state index contributed by atoms with van der Waals surface area (Å²) in [5.74, 6) is -0.0785. The molecule has 0 saturated heterocycles. The molecule has 0 aliphatic carbocycles.